The Bertz CT molecular complexity index is 611. The highest BCUT2D eigenvalue weighted by atomic mass is 79.9. The van der Waals surface area contributed by atoms with Crippen molar-refractivity contribution >= 4 is 33.2 Å². The van der Waals surface area contributed by atoms with Crippen LogP contribution >= 0.6 is 15.9 Å². The van der Waals surface area contributed by atoms with E-state index in [0.717, 1.165) is 21.3 Å². The summed E-state index contributed by atoms with van der Waals surface area (Å²) < 4.78 is 0.976. The van der Waals surface area contributed by atoms with Crippen molar-refractivity contribution in [2.24, 2.45) is 0 Å². The number of nitrogen functional groups attached to an aromatic ring is 1. The predicted octanol–water partition coefficient (Wildman–Crippen LogP) is 3.52. The molecule has 0 aliphatic carbocycles. The van der Waals surface area contributed by atoms with Crippen LogP contribution in [0.5, 0.6) is 0 Å². The zero-order valence-corrected chi connectivity index (χ0v) is 12.2. The third-order valence-corrected chi connectivity index (χ3v) is 3.81. The quantitative estimate of drug-likeness (QED) is 0.851. The molecule has 19 heavy (non-hydrogen) atoms. The highest BCUT2D eigenvalue weighted by molar-refractivity contribution is 9.10. The molecule has 3 N–H and O–H groups in total. The Kier molecular flexibility index (Phi) is 4.22. The number of carbonyl (C=O) groups excluding carboxylic acids is 1. The van der Waals surface area contributed by atoms with Gasteiger partial charge in [-0.15, -0.1) is 0 Å². The van der Waals surface area contributed by atoms with E-state index in [9.17, 15) is 4.79 Å². The van der Waals surface area contributed by atoms with Gasteiger partial charge in [0.05, 0.1) is 6.42 Å². The minimum atomic E-state index is -0.0703. The van der Waals surface area contributed by atoms with Gasteiger partial charge >= 0.3 is 0 Å². The Balaban J connectivity index is 2.10. The molecule has 0 heterocycles. The molecule has 2 aromatic carbocycles. The Morgan fingerprint density at radius 3 is 2.68 bits per heavy atom. The van der Waals surface area contributed by atoms with Gasteiger partial charge < -0.3 is 11.1 Å². The molecule has 0 spiro atoms. The summed E-state index contributed by atoms with van der Waals surface area (Å²) in [5.41, 5.74) is 9.14. The summed E-state index contributed by atoms with van der Waals surface area (Å²) >= 11 is 3.44. The normalized spacial score (nSPS) is 10.2. The Morgan fingerprint density at radius 2 is 1.95 bits per heavy atom. The maximum Gasteiger partial charge on any atom is 0.228 e. The van der Waals surface area contributed by atoms with Crippen LogP contribution < -0.4 is 11.1 Å². The summed E-state index contributed by atoms with van der Waals surface area (Å²) in [5.74, 6) is -0.0703. The molecule has 0 fully saturated rings. The van der Waals surface area contributed by atoms with Crippen molar-refractivity contribution in [3.63, 3.8) is 0 Å². The molecule has 1 amide bonds. The fourth-order valence-corrected chi connectivity index (χ4v) is 2.17. The summed E-state index contributed by atoms with van der Waals surface area (Å²) in [6.45, 7) is 1.95. The number of benzene rings is 2. The number of amides is 1. The lowest BCUT2D eigenvalue weighted by Crippen LogP contribution is -2.16. The molecule has 3 nitrogen and oxygen atoms in total. The lowest BCUT2D eigenvalue weighted by molar-refractivity contribution is -0.115. The molecule has 2 rings (SSSR count). The van der Waals surface area contributed by atoms with Crippen molar-refractivity contribution in [1.29, 1.82) is 0 Å². The van der Waals surface area contributed by atoms with Crippen LogP contribution in [0.4, 0.5) is 11.4 Å². The zero-order valence-electron chi connectivity index (χ0n) is 10.6. The number of carbonyl (C=O) groups is 1. The summed E-state index contributed by atoms with van der Waals surface area (Å²) in [5, 5.41) is 2.90. The molecular weight excluding hydrogens is 304 g/mol. The molecule has 2 aromatic rings. The summed E-state index contributed by atoms with van der Waals surface area (Å²) in [7, 11) is 0. The first kappa shape index (κ1) is 13.6. The molecule has 4 heteroatoms. The maximum atomic E-state index is 12.0. The highest BCUT2D eigenvalue weighted by Gasteiger charge is 2.08. The minimum absolute atomic E-state index is 0.0703. The smallest absolute Gasteiger partial charge is 0.228 e. The summed E-state index contributed by atoms with van der Waals surface area (Å²) in [4.78, 5) is 12.0. The number of nitrogens with one attached hydrogen (secondary N) is 1. The fourth-order valence-electron chi connectivity index (χ4n) is 1.81. The second-order valence-electron chi connectivity index (χ2n) is 4.34. The summed E-state index contributed by atoms with van der Waals surface area (Å²) in [6.07, 6.45) is 0.276. The maximum absolute atomic E-state index is 12.0. The molecule has 98 valence electrons. The van der Waals surface area contributed by atoms with E-state index >= 15 is 0 Å². The molecule has 0 atom stereocenters. The van der Waals surface area contributed by atoms with E-state index in [-0.39, 0.29) is 12.3 Å². The average Bonchev–Trinajstić information content (AvgIpc) is 2.38. The third kappa shape index (κ3) is 3.35. The topological polar surface area (TPSA) is 55.1 Å². The van der Waals surface area contributed by atoms with Crippen molar-refractivity contribution in [3.8, 4) is 0 Å². The van der Waals surface area contributed by atoms with Gasteiger partial charge in [-0.05, 0) is 36.2 Å². The first-order valence-electron chi connectivity index (χ1n) is 5.96. The molecule has 0 unspecified atom stereocenters. The number of hydrogen-bond acceptors (Lipinski definition) is 2. The monoisotopic (exact) mass is 318 g/mol. The van der Waals surface area contributed by atoms with Gasteiger partial charge in [0.25, 0.3) is 0 Å². The van der Waals surface area contributed by atoms with E-state index in [1.165, 1.54) is 0 Å². The van der Waals surface area contributed by atoms with Crippen molar-refractivity contribution < 1.29 is 4.79 Å². The first-order valence-corrected chi connectivity index (χ1v) is 6.75. The predicted molar refractivity (Wildman–Crippen MR) is 82.1 cm³/mol. The van der Waals surface area contributed by atoms with Crippen LogP contribution in [0, 0.1) is 6.92 Å². The Morgan fingerprint density at radius 1 is 1.21 bits per heavy atom. The fraction of sp³-hybridized carbons (Fsp3) is 0.133. The van der Waals surface area contributed by atoms with E-state index in [0.29, 0.717) is 5.69 Å². The van der Waals surface area contributed by atoms with Gasteiger partial charge in [0.15, 0.2) is 0 Å². The van der Waals surface area contributed by atoms with Gasteiger partial charge in [-0.2, -0.15) is 0 Å². The van der Waals surface area contributed by atoms with Crippen LogP contribution in [0.3, 0.4) is 0 Å². The van der Waals surface area contributed by atoms with Crippen LogP contribution in [-0.2, 0) is 11.2 Å². The van der Waals surface area contributed by atoms with Gasteiger partial charge in [-0.1, -0.05) is 40.2 Å². The summed E-state index contributed by atoms with van der Waals surface area (Å²) in [6, 6.07) is 13.1. The van der Waals surface area contributed by atoms with Crippen molar-refractivity contribution in [3.05, 3.63) is 58.1 Å². The van der Waals surface area contributed by atoms with E-state index < -0.39 is 0 Å². The Hall–Kier alpha value is -1.81. The van der Waals surface area contributed by atoms with E-state index in [2.05, 4.69) is 21.2 Å². The number of nitrogens with two attached hydrogens (primary N) is 1. The van der Waals surface area contributed by atoms with E-state index in [1.54, 1.807) is 6.07 Å². The molecule has 0 aliphatic rings. The standard InChI is InChI=1S/C15H15BrN2O/c1-10-12(16)6-4-8-14(10)18-15(19)9-11-5-2-3-7-13(11)17/h2-8H,9,17H2,1H3,(H,18,19). The highest BCUT2D eigenvalue weighted by Crippen LogP contribution is 2.23. The van der Waals surface area contributed by atoms with Gasteiger partial charge in [-0.25, -0.2) is 0 Å². The van der Waals surface area contributed by atoms with Crippen LogP contribution in [-0.4, -0.2) is 5.91 Å². The molecule has 0 aromatic heterocycles. The number of halogens is 1. The first-order chi connectivity index (χ1) is 9.08. The number of anilines is 2. The average molecular weight is 319 g/mol. The molecule has 0 bridgehead atoms. The molecule has 0 saturated carbocycles. The zero-order chi connectivity index (χ0) is 13.8. The van der Waals surface area contributed by atoms with Crippen molar-refractivity contribution in [1.82, 2.24) is 0 Å². The largest absolute Gasteiger partial charge is 0.398 e. The van der Waals surface area contributed by atoms with Crippen molar-refractivity contribution in [2.75, 3.05) is 11.1 Å². The van der Waals surface area contributed by atoms with Crippen molar-refractivity contribution in [2.45, 2.75) is 13.3 Å². The Labute approximate surface area is 121 Å². The lowest BCUT2D eigenvalue weighted by atomic mass is 10.1. The van der Waals surface area contributed by atoms with E-state index in [1.807, 2.05) is 43.3 Å². The van der Waals surface area contributed by atoms with Gasteiger partial charge in [0.1, 0.15) is 0 Å². The molecular formula is C15H15BrN2O. The lowest BCUT2D eigenvalue weighted by Gasteiger charge is -2.10. The SMILES string of the molecule is Cc1c(Br)cccc1NC(=O)Cc1ccccc1N. The number of hydrogen-bond donors (Lipinski definition) is 2. The molecule has 0 aliphatic heterocycles. The van der Waals surface area contributed by atoms with E-state index in [4.69, 9.17) is 5.73 Å². The molecule has 0 radical (unpaired) electrons. The van der Waals surface area contributed by atoms with Crippen LogP contribution in [0.1, 0.15) is 11.1 Å². The van der Waals surface area contributed by atoms with Gasteiger partial charge in [0, 0.05) is 15.8 Å². The number of rotatable bonds is 3. The van der Waals surface area contributed by atoms with Crippen LogP contribution in [0.25, 0.3) is 0 Å². The van der Waals surface area contributed by atoms with Gasteiger partial charge in [0.2, 0.25) is 5.91 Å². The van der Waals surface area contributed by atoms with Gasteiger partial charge in [-0.3, -0.25) is 4.79 Å². The second kappa shape index (κ2) is 5.89. The third-order valence-electron chi connectivity index (χ3n) is 2.95. The van der Waals surface area contributed by atoms with Crippen LogP contribution in [0.2, 0.25) is 0 Å². The van der Waals surface area contributed by atoms with Crippen LogP contribution in [0.15, 0.2) is 46.9 Å². The molecule has 0 saturated heterocycles. The minimum Gasteiger partial charge on any atom is -0.398 e. The second-order valence-corrected chi connectivity index (χ2v) is 5.19. The number of para-hydroxylation sites is 1.